The molecule has 0 atom stereocenters. The summed E-state index contributed by atoms with van der Waals surface area (Å²) in [7, 11) is 3.13. The van der Waals surface area contributed by atoms with E-state index >= 15 is 0 Å². The highest BCUT2D eigenvalue weighted by atomic mass is 32.2. The minimum Gasteiger partial charge on any atom is -0.497 e. The average molecular weight is 412 g/mol. The van der Waals surface area contributed by atoms with E-state index in [2.05, 4.69) is 40.7 Å². The number of nitrogens with zero attached hydrogens (tertiary/aromatic N) is 3. The summed E-state index contributed by atoms with van der Waals surface area (Å²) in [4.78, 5) is 12.8. The zero-order valence-corrected chi connectivity index (χ0v) is 18.0. The highest BCUT2D eigenvalue weighted by Crippen LogP contribution is 2.29. The topological polar surface area (TPSA) is 66.2 Å². The molecule has 0 spiro atoms. The van der Waals surface area contributed by atoms with Gasteiger partial charge in [0.25, 0.3) is 0 Å². The van der Waals surface area contributed by atoms with Crippen molar-refractivity contribution in [1.82, 2.24) is 14.8 Å². The minimum atomic E-state index is -0.0299. The number of hydrogen-bond donors (Lipinski definition) is 0. The lowest BCUT2D eigenvalue weighted by Crippen LogP contribution is -2.07. The summed E-state index contributed by atoms with van der Waals surface area (Å²) in [5, 5.41) is 9.48. The number of thioether (sulfide) groups is 1. The minimum absolute atomic E-state index is 0.0299. The molecule has 0 amide bonds. The second kappa shape index (κ2) is 9.60. The first-order chi connectivity index (χ1) is 14.1. The smallest absolute Gasteiger partial charge is 0.191 e. The Kier molecular flexibility index (Phi) is 6.93. The van der Waals surface area contributed by atoms with E-state index in [1.807, 2.05) is 12.1 Å². The maximum Gasteiger partial charge on any atom is 0.191 e. The maximum atomic E-state index is 12.8. The molecule has 0 saturated carbocycles. The molecule has 3 aromatic rings. The Hall–Kier alpha value is -2.80. The molecule has 0 N–H and O–H groups in total. The van der Waals surface area contributed by atoms with Crippen molar-refractivity contribution in [2.75, 3.05) is 20.0 Å². The van der Waals surface area contributed by atoms with Crippen molar-refractivity contribution in [3.8, 4) is 22.9 Å². The zero-order chi connectivity index (χ0) is 20.8. The Bertz CT molecular complexity index is 1000. The summed E-state index contributed by atoms with van der Waals surface area (Å²) >= 11 is 1.39. The second-order valence-corrected chi connectivity index (χ2v) is 7.55. The Morgan fingerprint density at radius 3 is 2.62 bits per heavy atom. The van der Waals surface area contributed by atoms with Gasteiger partial charge >= 0.3 is 0 Å². The van der Waals surface area contributed by atoms with E-state index in [9.17, 15) is 4.79 Å². The quantitative estimate of drug-likeness (QED) is 0.377. The number of carbonyl (C=O) groups is 1. The van der Waals surface area contributed by atoms with E-state index in [1.165, 1.54) is 17.3 Å². The lowest BCUT2D eigenvalue weighted by Gasteiger charge is -2.11. The standard InChI is InChI=1S/C22H25N3O3S/c1-5-11-25-21(16-8-6-7-15(2)12-16)23-24-22(25)29-14-19(26)18-10-9-17(27-3)13-20(18)28-4/h6-10,12-13H,5,11,14H2,1-4H3. The Balaban J connectivity index is 1.81. The highest BCUT2D eigenvalue weighted by Gasteiger charge is 2.18. The van der Waals surface area contributed by atoms with Crippen LogP contribution in [0.2, 0.25) is 0 Å². The SMILES string of the molecule is CCCn1c(SCC(=O)c2ccc(OC)cc2OC)nnc1-c1cccc(C)c1. The van der Waals surface area contributed by atoms with Crippen molar-refractivity contribution < 1.29 is 14.3 Å². The van der Waals surface area contributed by atoms with Crippen LogP contribution in [0.5, 0.6) is 11.5 Å². The van der Waals surface area contributed by atoms with Crippen molar-refractivity contribution >= 4 is 17.5 Å². The first-order valence-corrected chi connectivity index (χ1v) is 10.4. The molecule has 152 valence electrons. The number of benzene rings is 2. The molecule has 6 nitrogen and oxygen atoms in total. The summed E-state index contributed by atoms with van der Waals surface area (Å²) in [6.07, 6.45) is 0.949. The molecule has 3 rings (SSSR count). The van der Waals surface area contributed by atoms with Gasteiger partial charge in [0, 0.05) is 18.2 Å². The lowest BCUT2D eigenvalue weighted by atomic mass is 10.1. The van der Waals surface area contributed by atoms with Crippen molar-refractivity contribution in [2.45, 2.75) is 32.0 Å². The number of ether oxygens (including phenoxy) is 2. The number of hydrogen-bond acceptors (Lipinski definition) is 6. The molecule has 0 fully saturated rings. The van der Waals surface area contributed by atoms with Crippen LogP contribution in [-0.2, 0) is 6.54 Å². The summed E-state index contributed by atoms with van der Waals surface area (Å²) in [5.41, 5.74) is 2.73. The van der Waals surface area contributed by atoms with Crippen LogP contribution in [0.15, 0.2) is 47.6 Å². The van der Waals surface area contributed by atoms with Crippen LogP contribution < -0.4 is 9.47 Å². The monoisotopic (exact) mass is 411 g/mol. The van der Waals surface area contributed by atoms with Gasteiger partial charge in [-0.2, -0.15) is 0 Å². The third-order valence-corrected chi connectivity index (χ3v) is 5.45. The normalized spacial score (nSPS) is 10.8. The Morgan fingerprint density at radius 1 is 1.10 bits per heavy atom. The van der Waals surface area contributed by atoms with E-state index in [4.69, 9.17) is 9.47 Å². The van der Waals surface area contributed by atoms with E-state index < -0.39 is 0 Å². The van der Waals surface area contributed by atoms with Gasteiger partial charge in [-0.3, -0.25) is 4.79 Å². The largest absolute Gasteiger partial charge is 0.497 e. The zero-order valence-electron chi connectivity index (χ0n) is 17.1. The molecule has 0 radical (unpaired) electrons. The molecule has 7 heteroatoms. The van der Waals surface area contributed by atoms with Gasteiger partial charge < -0.3 is 14.0 Å². The third kappa shape index (κ3) is 4.79. The highest BCUT2D eigenvalue weighted by molar-refractivity contribution is 7.99. The molecule has 0 saturated heterocycles. The number of aryl methyl sites for hydroxylation is 1. The number of aromatic nitrogens is 3. The third-order valence-electron chi connectivity index (χ3n) is 4.48. The molecule has 0 unspecified atom stereocenters. The summed E-state index contributed by atoms with van der Waals surface area (Å²) < 4.78 is 12.6. The van der Waals surface area contributed by atoms with Crippen LogP contribution in [0.3, 0.4) is 0 Å². The van der Waals surface area contributed by atoms with Gasteiger partial charge in [0.1, 0.15) is 11.5 Å². The predicted molar refractivity (Wildman–Crippen MR) is 115 cm³/mol. The Labute approximate surface area is 175 Å². The molecular formula is C22H25N3O3S. The number of carbonyl (C=O) groups excluding carboxylic acids is 1. The number of Topliss-reactive ketones (excluding diaryl/α,β-unsaturated/α-hetero) is 1. The van der Waals surface area contributed by atoms with Crippen molar-refractivity contribution in [2.24, 2.45) is 0 Å². The number of rotatable bonds is 9. The van der Waals surface area contributed by atoms with Gasteiger partial charge in [0.2, 0.25) is 0 Å². The summed E-state index contributed by atoms with van der Waals surface area (Å²) in [6, 6.07) is 13.4. The van der Waals surface area contributed by atoms with Crippen LogP contribution in [0.25, 0.3) is 11.4 Å². The van der Waals surface area contributed by atoms with Gasteiger partial charge in [-0.1, -0.05) is 42.4 Å². The molecule has 0 aliphatic carbocycles. The van der Waals surface area contributed by atoms with Crippen molar-refractivity contribution in [1.29, 1.82) is 0 Å². The first kappa shape index (κ1) is 20.9. The predicted octanol–water partition coefficient (Wildman–Crippen LogP) is 4.66. The maximum absolute atomic E-state index is 12.8. The van der Waals surface area contributed by atoms with Gasteiger partial charge in [-0.15, -0.1) is 10.2 Å². The Morgan fingerprint density at radius 2 is 1.93 bits per heavy atom. The number of ketones is 1. The molecule has 1 heterocycles. The van der Waals surface area contributed by atoms with Gasteiger partial charge in [-0.05, 0) is 31.5 Å². The van der Waals surface area contributed by atoms with Crippen LogP contribution >= 0.6 is 11.8 Å². The average Bonchev–Trinajstić information content (AvgIpc) is 3.14. The fourth-order valence-corrected chi connectivity index (χ4v) is 3.90. The molecule has 0 aliphatic heterocycles. The van der Waals surface area contributed by atoms with Crippen LogP contribution in [-0.4, -0.2) is 40.5 Å². The van der Waals surface area contributed by atoms with E-state index in [0.717, 1.165) is 29.5 Å². The fraction of sp³-hybridized carbons (Fsp3) is 0.318. The van der Waals surface area contributed by atoms with Crippen LogP contribution in [0.1, 0.15) is 29.3 Å². The van der Waals surface area contributed by atoms with Crippen molar-refractivity contribution in [3.05, 3.63) is 53.6 Å². The first-order valence-electron chi connectivity index (χ1n) is 9.45. The lowest BCUT2D eigenvalue weighted by molar-refractivity contribution is 0.101. The van der Waals surface area contributed by atoms with Gasteiger partial charge in [-0.25, -0.2) is 0 Å². The van der Waals surface area contributed by atoms with E-state index in [1.54, 1.807) is 32.4 Å². The summed E-state index contributed by atoms with van der Waals surface area (Å²) in [6.45, 7) is 4.96. The molecule has 2 aromatic carbocycles. The van der Waals surface area contributed by atoms with Gasteiger partial charge in [0.15, 0.2) is 16.8 Å². The molecule has 1 aromatic heterocycles. The second-order valence-electron chi connectivity index (χ2n) is 6.61. The molecule has 0 bridgehead atoms. The van der Waals surface area contributed by atoms with Crippen LogP contribution in [0, 0.1) is 6.92 Å². The molecular weight excluding hydrogens is 386 g/mol. The van der Waals surface area contributed by atoms with E-state index in [-0.39, 0.29) is 11.5 Å². The number of methoxy groups -OCH3 is 2. The van der Waals surface area contributed by atoms with Crippen LogP contribution in [0.4, 0.5) is 0 Å². The molecule has 0 aliphatic rings. The molecule has 29 heavy (non-hydrogen) atoms. The van der Waals surface area contributed by atoms with Crippen molar-refractivity contribution in [3.63, 3.8) is 0 Å². The summed E-state index contributed by atoms with van der Waals surface area (Å²) in [5.74, 6) is 2.20. The van der Waals surface area contributed by atoms with E-state index in [0.29, 0.717) is 17.1 Å². The van der Waals surface area contributed by atoms with Gasteiger partial charge in [0.05, 0.1) is 25.5 Å². The fourth-order valence-electron chi connectivity index (χ4n) is 3.06.